The third-order valence-electron chi connectivity index (χ3n) is 2.70. The van der Waals surface area contributed by atoms with E-state index in [9.17, 15) is 4.79 Å². The van der Waals surface area contributed by atoms with Crippen molar-refractivity contribution in [3.63, 3.8) is 0 Å². The van der Waals surface area contributed by atoms with Crippen LogP contribution in [0.3, 0.4) is 0 Å². The number of rotatable bonds is 5. The molecule has 1 aliphatic heterocycles. The van der Waals surface area contributed by atoms with Crippen LogP contribution in [0, 0.1) is 0 Å². The van der Waals surface area contributed by atoms with Crippen molar-refractivity contribution in [1.29, 1.82) is 0 Å². The molecule has 0 aromatic heterocycles. The molecule has 0 N–H and O–H groups in total. The lowest BCUT2D eigenvalue weighted by Gasteiger charge is -2.22. The number of ether oxygens (including phenoxy) is 2. The maximum atomic E-state index is 11.3. The number of benzene rings is 1. The molecule has 1 unspecified atom stereocenters. The number of esters is 1. The Bertz CT molecular complexity index is 428. The number of thioether (sulfide) groups is 1. The maximum Gasteiger partial charge on any atom is 0.334 e. The number of hydrogen-bond acceptors (Lipinski definition) is 4. The summed E-state index contributed by atoms with van der Waals surface area (Å²) >= 11 is 1.77. The molecule has 0 fully saturated rings. The molecule has 0 amide bonds. The summed E-state index contributed by atoms with van der Waals surface area (Å²) in [4.78, 5) is 12.5. The zero-order valence-corrected chi connectivity index (χ0v) is 11.1. The van der Waals surface area contributed by atoms with Gasteiger partial charge in [0.05, 0.1) is 13.2 Å². The van der Waals surface area contributed by atoms with Crippen molar-refractivity contribution in [2.24, 2.45) is 0 Å². The van der Waals surface area contributed by atoms with Crippen molar-refractivity contribution in [1.82, 2.24) is 0 Å². The highest BCUT2D eigenvalue weighted by Gasteiger charge is 2.21. The Labute approximate surface area is 111 Å². The first-order chi connectivity index (χ1) is 8.78. The van der Waals surface area contributed by atoms with Crippen LogP contribution in [0.2, 0.25) is 0 Å². The quantitative estimate of drug-likeness (QED) is 0.605. The standard InChI is InChI=1S/C14H16O3S/c1-16-12-9-11(17-14(15)10-12)7-8-18-13-5-3-2-4-6-13/h2-6,10-11H,7-9H2,1H3. The van der Waals surface area contributed by atoms with Gasteiger partial charge in [-0.15, -0.1) is 11.8 Å². The van der Waals surface area contributed by atoms with E-state index in [1.807, 2.05) is 18.2 Å². The molecule has 1 aromatic rings. The van der Waals surface area contributed by atoms with Gasteiger partial charge in [0, 0.05) is 17.1 Å². The van der Waals surface area contributed by atoms with Crippen LogP contribution in [-0.4, -0.2) is 24.9 Å². The second kappa shape index (κ2) is 6.50. The van der Waals surface area contributed by atoms with E-state index in [4.69, 9.17) is 9.47 Å². The van der Waals surface area contributed by atoms with Crippen LogP contribution in [0.5, 0.6) is 0 Å². The predicted molar refractivity (Wildman–Crippen MR) is 71.4 cm³/mol. The second-order valence-electron chi connectivity index (χ2n) is 4.03. The number of hydrogen-bond donors (Lipinski definition) is 0. The molecule has 1 atom stereocenters. The van der Waals surface area contributed by atoms with Gasteiger partial charge in [0.2, 0.25) is 0 Å². The molecule has 3 nitrogen and oxygen atoms in total. The lowest BCUT2D eigenvalue weighted by atomic mass is 10.1. The minimum absolute atomic E-state index is 0.0614. The van der Waals surface area contributed by atoms with Crippen molar-refractivity contribution < 1.29 is 14.3 Å². The van der Waals surface area contributed by atoms with Gasteiger partial charge in [0.25, 0.3) is 0 Å². The van der Waals surface area contributed by atoms with Gasteiger partial charge >= 0.3 is 5.97 Å². The first-order valence-corrected chi connectivity index (χ1v) is 6.89. The zero-order valence-electron chi connectivity index (χ0n) is 10.3. The molecular formula is C14H16O3S. The molecule has 0 saturated carbocycles. The van der Waals surface area contributed by atoms with Crippen molar-refractivity contribution in [2.75, 3.05) is 12.9 Å². The Morgan fingerprint density at radius 1 is 1.39 bits per heavy atom. The van der Waals surface area contributed by atoms with Gasteiger partial charge in [-0.05, 0) is 18.6 Å². The Hall–Kier alpha value is -1.42. The average molecular weight is 264 g/mol. The summed E-state index contributed by atoms with van der Waals surface area (Å²) < 4.78 is 10.4. The summed E-state index contributed by atoms with van der Waals surface area (Å²) in [5.74, 6) is 1.34. The van der Waals surface area contributed by atoms with Crippen molar-refractivity contribution in [3.8, 4) is 0 Å². The second-order valence-corrected chi connectivity index (χ2v) is 5.20. The molecular weight excluding hydrogens is 248 g/mol. The summed E-state index contributed by atoms with van der Waals surface area (Å²) in [5, 5.41) is 0. The Morgan fingerprint density at radius 2 is 2.17 bits per heavy atom. The smallest absolute Gasteiger partial charge is 0.334 e. The highest BCUT2D eigenvalue weighted by Crippen LogP contribution is 2.23. The monoisotopic (exact) mass is 264 g/mol. The molecule has 4 heteroatoms. The Morgan fingerprint density at radius 3 is 2.89 bits per heavy atom. The molecule has 1 aromatic carbocycles. The molecule has 0 radical (unpaired) electrons. The van der Waals surface area contributed by atoms with E-state index in [2.05, 4.69) is 12.1 Å². The lowest BCUT2D eigenvalue weighted by molar-refractivity contribution is -0.145. The zero-order chi connectivity index (χ0) is 12.8. The number of cyclic esters (lactones) is 1. The van der Waals surface area contributed by atoms with Crippen molar-refractivity contribution in [3.05, 3.63) is 42.2 Å². The average Bonchev–Trinajstić information content (AvgIpc) is 2.39. The molecule has 0 saturated heterocycles. The van der Waals surface area contributed by atoms with Crippen LogP contribution < -0.4 is 0 Å². The van der Waals surface area contributed by atoms with E-state index in [0.29, 0.717) is 12.2 Å². The highest BCUT2D eigenvalue weighted by molar-refractivity contribution is 7.99. The van der Waals surface area contributed by atoms with Gasteiger partial charge in [-0.3, -0.25) is 0 Å². The topological polar surface area (TPSA) is 35.5 Å². The summed E-state index contributed by atoms with van der Waals surface area (Å²) in [5.41, 5.74) is 0. The third-order valence-corrected chi connectivity index (χ3v) is 3.75. The predicted octanol–water partition coefficient (Wildman–Crippen LogP) is 3.01. The minimum atomic E-state index is -0.298. The summed E-state index contributed by atoms with van der Waals surface area (Å²) in [6.07, 6.45) is 2.87. The fourth-order valence-electron chi connectivity index (χ4n) is 1.78. The van der Waals surface area contributed by atoms with Crippen molar-refractivity contribution >= 4 is 17.7 Å². The molecule has 1 heterocycles. The maximum absolute atomic E-state index is 11.3. The van der Waals surface area contributed by atoms with Crippen molar-refractivity contribution in [2.45, 2.75) is 23.8 Å². The SMILES string of the molecule is COC1=CC(=O)OC(CCSc2ccccc2)C1. The first-order valence-electron chi connectivity index (χ1n) is 5.91. The first kappa shape index (κ1) is 13.0. The Balaban J connectivity index is 1.78. The summed E-state index contributed by atoms with van der Waals surface area (Å²) in [6.45, 7) is 0. The van der Waals surface area contributed by atoms with E-state index in [-0.39, 0.29) is 12.1 Å². The molecule has 1 aliphatic rings. The van der Waals surface area contributed by atoms with Crippen LogP contribution in [0.15, 0.2) is 47.1 Å². The van der Waals surface area contributed by atoms with E-state index >= 15 is 0 Å². The minimum Gasteiger partial charge on any atom is -0.501 e. The third kappa shape index (κ3) is 3.81. The molecule has 2 rings (SSSR count). The normalized spacial score (nSPS) is 19.1. The van der Waals surface area contributed by atoms with Crippen LogP contribution in [0.1, 0.15) is 12.8 Å². The van der Waals surface area contributed by atoms with Crippen LogP contribution in [0.4, 0.5) is 0 Å². The van der Waals surface area contributed by atoms with Gasteiger partial charge < -0.3 is 9.47 Å². The highest BCUT2D eigenvalue weighted by atomic mass is 32.2. The van der Waals surface area contributed by atoms with Gasteiger partial charge in [0.1, 0.15) is 11.9 Å². The molecule has 0 bridgehead atoms. The largest absolute Gasteiger partial charge is 0.501 e. The summed E-state index contributed by atoms with van der Waals surface area (Å²) in [7, 11) is 1.58. The van der Waals surface area contributed by atoms with Crippen LogP contribution in [-0.2, 0) is 14.3 Å². The number of carbonyl (C=O) groups is 1. The van der Waals surface area contributed by atoms with Gasteiger partial charge in [0.15, 0.2) is 0 Å². The van der Waals surface area contributed by atoms with E-state index in [0.717, 1.165) is 12.2 Å². The van der Waals surface area contributed by atoms with E-state index in [1.165, 1.54) is 11.0 Å². The fraction of sp³-hybridized carbons (Fsp3) is 0.357. The molecule has 96 valence electrons. The van der Waals surface area contributed by atoms with Crippen LogP contribution >= 0.6 is 11.8 Å². The van der Waals surface area contributed by atoms with Gasteiger partial charge in [-0.2, -0.15) is 0 Å². The fourth-order valence-corrected chi connectivity index (χ4v) is 2.75. The van der Waals surface area contributed by atoms with E-state index < -0.39 is 0 Å². The van der Waals surface area contributed by atoms with E-state index in [1.54, 1.807) is 18.9 Å². The molecule has 0 spiro atoms. The number of carbonyl (C=O) groups excluding carboxylic acids is 1. The Kier molecular flexibility index (Phi) is 4.70. The number of methoxy groups -OCH3 is 1. The van der Waals surface area contributed by atoms with Gasteiger partial charge in [-0.1, -0.05) is 18.2 Å². The molecule has 18 heavy (non-hydrogen) atoms. The molecule has 0 aliphatic carbocycles. The van der Waals surface area contributed by atoms with Gasteiger partial charge in [-0.25, -0.2) is 4.79 Å². The lowest BCUT2D eigenvalue weighted by Crippen LogP contribution is -2.23. The summed E-state index contributed by atoms with van der Waals surface area (Å²) in [6, 6.07) is 10.2. The van der Waals surface area contributed by atoms with Crippen LogP contribution in [0.25, 0.3) is 0 Å².